The topological polar surface area (TPSA) is 57.5 Å². The van der Waals surface area contributed by atoms with Crippen molar-refractivity contribution in [1.82, 2.24) is 0 Å². The van der Waals surface area contributed by atoms with Gasteiger partial charge in [-0.05, 0) is 75.0 Å². The molecule has 0 aliphatic heterocycles. The van der Waals surface area contributed by atoms with Crippen molar-refractivity contribution in [2.24, 2.45) is 28.6 Å². The van der Waals surface area contributed by atoms with Gasteiger partial charge in [0.2, 0.25) is 0 Å². The first kappa shape index (κ1) is 18.2. The number of carbonyl (C=O) groups excluding carboxylic acids is 1. The minimum absolute atomic E-state index is 0.0862. The Morgan fingerprint density at radius 2 is 1.96 bits per heavy atom. The van der Waals surface area contributed by atoms with Gasteiger partial charge in [0.05, 0.1) is 10.9 Å². The van der Waals surface area contributed by atoms with Gasteiger partial charge in [0, 0.05) is 5.41 Å². The van der Waals surface area contributed by atoms with Gasteiger partial charge in [-0.25, -0.2) is 0 Å². The van der Waals surface area contributed by atoms with Crippen molar-refractivity contribution in [1.29, 1.82) is 0 Å². The second-order valence-corrected chi connectivity index (χ2v) is 10.7. The molecular weight excluding hydrogens is 380 g/mol. The summed E-state index contributed by atoms with van der Waals surface area (Å²) in [5, 5.41) is 21.5. The van der Waals surface area contributed by atoms with Gasteiger partial charge < -0.3 is 10.2 Å². The Bertz CT molecular complexity index is 631. The van der Waals surface area contributed by atoms with E-state index in [4.69, 9.17) is 0 Å². The average Bonchev–Trinajstić information content (AvgIpc) is 2.77. The molecule has 25 heavy (non-hydrogen) atoms. The molecule has 4 aliphatic rings. The van der Waals surface area contributed by atoms with Crippen LogP contribution >= 0.6 is 15.9 Å². The van der Waals surface area contributed by atoms with E-state index in [9.17, 15) is 15.0 Å². The van der Waals surface area contributed by atoms with Crippen LogP contribution in [0.15, 0.2) is 11.6 Å². The first-order chi connectivity index (χ1) is 11.6. The Morgan fingerprint density at radius 3 is 2.64 bits per heavy atom. The second-order valence-electron chi connectivity index (χ2n) is 9.64. The van der Waals surface area contributed by atoms with Crippen molar-refractivity contribution in [3.8, 4) is 0 Å². The third-order valence-corrected chi connectivity index (χ3v) is 9.83. The summed E-state index contributed by atoms with van der Waals surface area (Å²) < 4.78 is 0. The standard InChI is InChI=1S/C21H31BrO3/c1-12(23)21(25)18(22)11-17-15-5-4-13-10-14(24)6-8-19(13,2)16(15)7-9-20(17,21)3/h4,14-18,24-25H,5-11H2,1-3H3/t14-,15+,16-,17-,18-,19-,20-,21+/m0/s1. The number of carbonyl (C=O) groups is 1. The van der Waals surface area contributed by atoms with Crippen LogP contribution in [0.5, 0.6) is 0 Å². The van der Waals surface area contributed by atoms with Crippen molar-refractivity contribution in [2.75, 3.05) is 0 Å². The summed E-state index contributed by atoms with van der Waals surface area (Å²) >= 11 is 3.67. The average molecular weight is 411 g/mol. The number of alkyl halides is 1. The molecule has 3 nitrogen and oxygen atoms in total. The first-order valence-corrected chi connectivity index (χ1v) is 10.8. The first-order valence-electron chi connectivity index (χ1n) is 9.89. The van der Waals surface area contributed by atoms with Gasteiger partial charge in [-0.15, -0.1) is 0 Å². The number of aliphatic hydroxyl groups excluding tert-OH is 1. The van der Waals surface area contributed by atoms with E-state index in [0.29, 0.717) is 17.8 Å². The van der Waals surface area contributed by atoms with Crippen LogP contribution in [0, 0.1) is 28.6 Å². The Labute approximate surface area is 159 Å². The number of ketones is 1. The van der Waals surface area contributed by atoms with Crippen LogP contribution in [-0.2, 0) is 4.79 Å². The molecule has 0 aromatic heterocycles. The van der Waals surface area contributed by atoms with Gasteiger partial charge in [0.15, 0.2) is 5.78 Å². The van der Waals surface area contributed by atoms with E-state index >= 15 is 0 Å². The largest absolute Gasteiger partial charge is 0.393 e. The van der Waals surface area contributed by atoms with Crippen molar-refractivity contribution in [3.63, 3.8) is 0 Å². The molecule has 8 atom stereocenters. The molecule has 0 amide bonds. The Hall–Kier alpha value is -0.190. The molecule has 4 aliphatic carbocycles. The van der Waals surface area contributed by atoms with Crippen molar-refractivity contribution in [2.45, 2.75) is 82.2 Å². The highest BCUT2D eigenvalue weighted by atomic mass is 79.9. The van der Waals surface area contributed by atoms with Crippen molar-refractivity contribution >= 4 is 21.7 Å². The second kappa shape index (κ2) is 5.65. The van der Waals surface area contributed by atoms with Crippen molar-refractivity contribution < 1.29 is 15.0 Å². The lowest BCUT2D eigenvalue weighted by Gasteiger charge is -2.58. The highest BCUT2D eigenvalue weighted by Gasteiger charge is 2.68. The number of rotatable bonds is 1. The number of hydrogen-bond acceptors (Lipinski definition) is 3. The third kappa shape index (κ3) is 2.20. The number of halogens is 1. The molecule has 0 aromatic carbocycles. The van der Waals surface area contributed by atoms with E-state index in [0.717, 1.165) is 44.9 Å². The van der Waals surface area contributed by atoms with Crippen LogP contribution in [0.3, 0.4) is 0 Å². The summed E-state index contributed by atoms with van der Waals surface area (Å²) in [6, 6.07) is 0. The Morgan fingerprint density at radius 1 is 1.24 bits per heavy atom. The lowest BCUT2D eigenvalue weighted by molar-refractivity contribution is -0.158. The zero-order chi connectivity index (χ0) is 18.2. The summed E-state index contributed by atoms with van der Waals surface area (Å²) in [6.45, 7) is 6.11. The molecular formula is C21H31BrO3. The van der Waals surface area contributed by atoms with E-state index in [1.807, 2.05) is 0 Å². The summed E-state index contributed by atoms with van der Waals surface area (Å²) in [7, 11) is 0. The van der Waals surface area contributed by atoms with Crippen LogP contribution < -0.4 is 0 Å². The van der Waals surface area contributed by atoms with Crippen LogP contribution in [0.25, 0.3) is 0 Å². The van der Waals surface area contributed by atoms with Gasteiger partial charge in [-0.1, -0.05) is 41.4 Å². The maximum absolute atomic E-state index is 12.4. The smallest absolute Gasteiger partial charge is 0.163 e. The molecule has 0 unspecified atom stereocenters. The molecule has 4 heteroatoms. The highest BCUT2D eigenvalue weighted by Crippen LogP contribution is 2.68. The zero-order valence-electron chi connectivity index (χ0n) is 15.6. The fraction of sp³-hybridized carbons (Fsp3) is 0.857. The summed E-state index contributed by atoms with van der Waals surface area (Å²) in [5.41, 5.74) is 0.0917. The van der Waals surface area contributed by atoms with Crippen molar-refractivity contribution in [3.05, 3.63) is 11.6 Å². The van der Waals surface area contributed by atoms with E-state index < -0.39 is 5.60 Å². The number of aliphatic hydroxyl groups is 2. The number of fused-ring (bicyclic) bond motifs is 5. The van der Waals surface area contributed by atoms with E-state index in [-0.39, 0.29) is 27.5 Å². The maximum Gasteiger partial charge on any atom is 0.163 e. The van der Waals surface area contributed by atoms with Crippen LogP contribution in [0.1, 0.15) is 65.7 Å². The molecule has 0 radical (unpaired) electrons. The minimum atomic E-state index is -1.24. The molecule has 0 saturated heterocycles. The molecule has 3 saturated carbocycles. The molecule has 0 heterocycles. The monoisotopic (exact) mass is 410 g/mol. The number of Topliss-reactive ketones (excluding diaryl/α,β-unsaturated/α-hetero) is 1. The van der Waals surface area contributed by atoms with Crippen LogP contribution in [0.2, 0.25) is 0 Å². The predicted octanol–water partition coefficient (Wildman–Crippen LogP) is 4.00. The van der Waals surface area contributed by atoms with Gasteiger partial charge in [0.1, 0.15) is 5.60 Å². The molecule has 0 bridgehead atoms. The summed E-state index contributed by atoms with van der Waals surface area (Å²) in [4.78, 5) is 12.3. The summed E-state index contributed by atoms with van der Waals surface area (Å²) in [5.74, 6) is 1.45. The predicted molar refractivity (Wildman–Crippen MR) is 101 cm³/mol. The van der Waals surface area contributed by atoms with Gasteiger partial charge >= 0.3 is 0 Å². The molecule has 0 spiro atoms. The van der Waals surface area contributed by atoms with Gasteiger partial charge in [-0.2, -0.15) is 0 Å². The lowest BCUT2D eigenvalue weighted by atomic mass is 9.47. The maximum atomic E-state index is 12.4. The zero-order valence-corrected chi connectivity index (χ0v) is 17.2. The lowest BCUT2D eigenvalue weighted by Crippen LogP contribution is -2.58. The normalized spacial score (nSPS) is 55.0. The Kier molecular flexibility index (Phi) is 4.11. The van der Waals surface area contributed by atoms with Gasteiger partial charge in [0.25, 0.3) is 0 Å². The molecule has 0 aromatic rings. The molecule has 4 rings (SSSR count). The van der Waals surface area contributed by atoms with E-state index in [1.165, 1.54) is 5.57 Å². The Balaban J connectivity index is 1.72. The SMILES string of the molecule is CC(=O)[C@@]1(O)[C@@H](Br)C[C@H]2[C@@H]3CC=C4C[C@@H](O)CC[C@]4(C)[C@H]3CC[C@@]21C. The van der Waals surface area contributed by atoms with Crippen LogP contribution in [0.4, 0.5) is 0 Å². The summed E-state index contributed by atoms with van der Waals surface area (Å²) in [6.07, 6.45) is 8.94. The fourth-order valence-electron chi connectivity index (χ4n) is 7.24. The van der Waals surface area contributed by atoms with E-state index in [1.54, 1.807) is 6.92 Å². The minimum Gasteiger partial charge on any atom is -0.393 e. The third-order valence-electron chi connectivity index (χ3n) is 8.79. The molecule has 2 N–H and O–H groups in total. The molecule has 3 fully saturated rings. The number of hydrogen-bond donors (Lipinski definition) is 2. The fourth-order valence-corrected chi connectivity index (χ4v) is 8.49. The van der Waals surface area contributed by atoms with Gasteiger partial charge in [-0.3, -0.25) is 4.79 Å². The van der Waals surface area contributed by atoms with E-state index in [2.05, 4.69) is 35.9 Å². The quantitative estimate of drug-likeness (QED) is 0.507. The number of allylic oxidation sites excluding steroid dienone is 1. The highest BCUT2D eigenvalue weighted by molar-refractivity contribution is 9.09. The molecule has 140 valence electrons. The van der Waals surface area contributed by atoms with Crippen LogP contribution in [-0.4, -0.2) is 32.5 Å².